The number of nitrogens with one attached hydrogen (secondary N) is 1. The quantitative estimate of drug-likeness (QED) is 0.683. The minimum absolute atomic E-state index is 0.0750. The molecule has 1 aliphatic rings. The Morgan fingerprint density at radius 3 is 2.61 bits per heavy atom. The molecule has 0 fully saturated rings. The molecule has 28 heavy (non-hydrogen) atoms. The first kappa shape index (κ1) is 17.6. The van der Waals surface area contributed by atoms with Crippen LogP contribution in [-0.2, 0) is 0 Å². The molecule has 140 valence electrons. The third kappa shape index (κ3) is 2.94. The topological polar surface area (TPSA) is 97.2 Å². The molecule has 1 N–H and O–H groups in total. The second kappa shape index (κ2) is 7.07. The zero-order chi connectivity index (χ0) is 19.7. The highest BCUT2D eigenvalue weighted by Crippen LogP contribution is 2.19. The summed E-state index contributed by atoms with van der Waals surface area (Å²) in [5.41, 5.74) is 2.44. The first-order valence-electron chi connectivity index (χ1n) is 8.77. The van der Waals surface area contributed by atoms with Crippen LogP contribution in [0.3, 0.4) is 0 Å². The number of carbonyl (C=O) groups excluding carboxylic acids is 3. The first-order chi connectivity index (χ1) is 13.6. The highest BCUT2D eigenvalue weighted by molar-refractivity contribution is 6.20. The molecule has 0 unspecified atom stereocenters. The summed E-state index contributed by atoms with van der Waals surface area (Å²) in [6.07, 6.45) is 2.98. The molecule has 3 amide bonds. The molecular weight excluding hydrogens is 358 g/mol. The summed E-state index contributed by atoms with van der Waals surface area (Å²) >= 11 is 0. The van der Waals surface area contributed by atoms with E-state index in [2.05, 4.69) is 15.4 Å². The van der Waals surface area contributed by atoms with Gasteiger partial charge < -0.3 is 5.32 Å². The predicted octanol–water partition coefficient (Wildman–Crippen LogP) is 1.60. The van der Waals surface area contributed by atoms with Crippen LogP contribution in [-0.4, -0.2) is 50.5 Å². The van der Waals surface area contributed by atoms with E-state index in [-0.39, 0.29) is 24.7 Å². The van der Waals surface area contributed by atoms with Crippen molar-refractivity contribution in [3.8, 4) is 5.69 Å². The largest absolute Gasteiger partial charge is 0.350 e. The van der Waals surface area contributed by atoms with E-state index in [1.807, 2.05) is 37.3 Å². The fourth-order valence-electron chi connectivity index (χ4n) is 3.16. The number of amides is 3. The van der Waals surface area contributed by atoms with Crippen LogP contribution in [0.5, 0.6) is 0 Å². The molecule has 4 rings (SSSR count). The van der Waals surface area contributed by atoms with E-state index >= 15 is 0 Å². The van der Waals surface area contributed by atoms with Crippen molar-refractivity contribution in [3.05, 3.63) is 77.4 Å². The Labute approximate surface area is 160 Å². The second-order valence-corrected chi connectivity index (χ2v) is 6.31. The van der Waals surface area contributed by atoms with Crippen LogP contribution in [0.4, 0.5) is 0 Å². The number of hydrogen-bond donors (Lipinski definition) is 1. The molecule has 0 spiro atoms. The molecular formula is C20H17N5O3. The Hall–Kier alpha value is -3.81. The van der Waals surface area contributed by atoms with Crippen molar-refractivity contribution in [2.45, 2.75) is 6.92 Å². The molecule has 1 aromatic carbocycles. The molecule has 2 aromatic heterocycles. The summed E-state index contributed by atoms with van der Waals surface area (Å²) in [5.74, 6) is -1.15. The molecule has 1 aliphatic heterocycles. The average Bonchev–Trinajstić information content (AvgIpc) is 3.22. The highest BCUT2D eigenvalue weighted by atomic mass is 16.2. The SMILES string of the molecule is Cc1c(C(=O)NCCN2C(=O)c3cccnc3C2=O)cnn1-c1ccccc1. The number of benzene rings is 1. The molecule has 3 heterocycles. The van der Waals surface area contributed by atoms with Crippen molar-refractivity contribution in [2.24, 2.45) is 0 Å². The number of imide groups is 1. The maximum Gasteiger partial charge on any atom is 0.280 e. The number of hydrogen-bond acceptors (Lipinski definition) is 5. The lowest BCUT2D eigenvalue weighted by molar-refractivity contribution is 0.0648. The van der Waals surface area contributed by atoms with E-state index in [0.717, 1.165) is 10.6 Å². The van der Waals surface area contributed by atoms with Crippen molar-refractivity contribution < 1.29 is 14.4 Å². The summed E-state index contributed by atoms with van der Waals surface area (Å²) in [5, 5.41) is 7.01. The van der Waals surface area contributed by atoms with Gasteiger partial charge in [0.1, 0.15) is 5.69 Å². The number of pyridine rings is 1. The fourth-order valence-corrected chi connectivity index (χ4v) is 3.16. The lowest BCUT2D eigenvalue weighted by Crippen LogP contribution is -2.38. The Balaban J connectivity index is 1.40. The molecule has 0 aliphatic carbocycles. The van der Waals surface area contributed by atoms with E-state index in [1.54, 1.807) is 16.8 Å². The normalized spacial score (nSPS) is 13.0. The summed E-state index contributed by atoms with van der Waals surface area (Å²) < 4.78 is 1.69. The monoisotopic (exact) mass is 375 g/mol. The van der Waals surface area contributed by atoms with Crippen LogP contribution in [0.15, 0.2) is 54.9 Å². The molecule has 0 atom stereocenters. The molecule has 0 saturated heterocycles. The zero-order valence-corrected chi connectivity index (χ0v) is 15.1. The van der Waals surface area contributed by atoms with Gasteiger partial charge >= 0.3 is 0 Å². The van der Waals surface area contributed by atoms with E-state index in [9.17, 15) is 14.4 Å². The van der Waals surface area contributed by atoms with Crippen LogP contribution in [0.2, 0.25) is 0 Å². The maximum absolute atomic E-state index is 12.5. The van der Waals surface area contributed by atoms with Gasteiger partial charge in [-0.2, -0.15) is 5.10 Å². The van der Waals surface area contributed by atoms with Gasteiger partial charge in [0.2, 0.25) is 0 Å². The molecule has 0 saturated carbocycles. The number of rotatable bonds is 5. The van der Waals surface area contributed by atoms with Gasteiger partial charge in [0.25, 0.3) is 17.7 Å². The van der Waals surface area contributed by atoms with Crippen molar-refractivity contribution in [1.29, 1.82) is 0 Å². The summed E-state index contributed by atoms with van der Waals surface area (Å²) in [6.45, 7) is 2.02. The smallest absolute Gasteiger partial charge is 0.280 e. The third-order valence-corrected chi connectivity index (χ3v) is 4.61. The first-order valence-corrected chi connectivity index (χ1v) is 8.77. The van der Waals surface area contributed by atoms with Gasteiger partial charge in [-0.1, -0.05) is 18.2 Å². The van der Waals surface area contributed by atoms with Gasteiger partial charge in [0.05, 0.1) is 28.7 Å². The average molecular weight is 375 g/mol. The molecule has 0 radical (unpaired) electrons. The molecule has 8 nitrogen and oxygen atoms in total. The number of carbonyl (C=O) groups is 3. The Kier molecular flexibility index (Phi) is 4.44. The van der Waals surface area contributed by atoms with Crippen LogP contribution in [0.1, 0.15) is 36.9 Å². The maximum atomic E-state index is 12.5. The van der Waals surface area contributed by atoms with Crippen LogP contribution < -0.4 is 5.32 Å². The minimum atomic E-state index is -0.442. The number of para-hydroxylation sites is 1. The van der Waals surface area contributed by atoms with Crippen LogP contribution >= 0.6 is 0 Å². The molecule has 0 bridgehead atoms. The fraction of sp³-hybridized carbons (Fsp3) is 0.150. The Bertz CT molecular complexity index is 1040. The van der Waals surface area contributed by atoms with Gasteiger partial charge in [-0.3, -0.25) is 24.3 Å². The lowest BCUT2D eigenvalue weighted by atomic mass is 10.2. The van der Waals surface area contributed by atoms with Gasteiger partial charge in [0, 0.05) is 19.3 Å². The van der Waals surface area contributed by atoms with Crippen LogP contribution in [0, 0.1) is 6.92 Å². The van der Waals surface area contributed by atoms with E-state index < -0.39 is 11.8 Å². The van der Waals surface area contributed by atoms with Gasteiger partial charge in [-0.25, -0.2) is 4.68 Å². The number of aromatic nitrogens is 3. The summed E-state index contributed by atoms with van der Waals surface area (Å²) in [7, 11) is 0. The number of nitrogens with zero attached hydrogens (tertiary/aromatic N) is 4. The van der Waals surface area contributed by atoms with Crippen molar-refractivity contribution in [1.82, 2.24) is 25.0 Å². The van der Waals surface area contributed by atoms with E-state index in [0.29, 0.717) is 16.8 Å². The van der Waals surface area contributed by atoms with Crippen molar-refractivity contribution in [2.75, 3.05) is 13.1 Å². The Morgan fingerprint density at radius 2 is 1.86 bits per heavy atom. The Morgan fingerprint density at radius 1 is 1.07 bits per heavy atom. The van der Waals surface area contributed by atoms with E-state index in [1.165, 1.54) is 12.4 Å². The summed E-state index contributed by atoms with van der Waals surface area (Å²) in [6, 6.07) is 12.7. The minimum Gasteiger partial charge on any atom is -0.350 e. The van der Waals surface area contributed by atoms with Crippen LogP contribution in [0.25, 0.3) is 5.69 Å². The van der Waals surface area contributed by atoms with Crippen molar-refractivity contribution in [3.63, 3.8) is 0 Å². The third-order valence-electron chi connectivity index (χ3n) is 4.61. The standard InChI is InChI=1S/C20H17N5O3/c1-13-16(12-23-25(13)14-6-3-2-4-7-14)18(26)22-10-11-24-19(27)15-8-5-9-21-17(15)20(24)28/h2-9,12H,10-11H2,1H3,(H,22,26). The van der Waals surface area contributed by atoms with E-state index in [4.69, 9.17) is 0 Å². The number of fused-ring (bicyclic) bond motifs is 1. The summed E-state index contributed by atoms with van der Waals surface area (Å²) in [4.78, 5) is 42.1. The predicted molar refractivity (Wildman–Crippen MR) is 100 cm³/mol. The second-order valence-electron chi connectivity index (χ2n) is 6.31. The van der Waals surface area contributed by atoms with Gasteiger partial charge in [-0.15, -0.1) is 0 Å². The molecule has 3 aromatic rings. The van der Waals surface area contributed by atoms with Gasteiger partial charge in [0.15, 0.2) is 0 Å². The lowest BCUT2D eigenvalue weighted by Gasteiger charge is -2.13. The van der Waals surface area contributed by atoms with Gasteiger partial charge in [-0.05, 0) is 31.2 Å². The van der Waals surface area contributed by atoms with Crippen molar-refractivity contribution >= 4 is 17.7 Å². The highest BCUT2D eigenvalue weighted by Gasteiger charge is 2.36. The zero-order valence-electron chi connectivity index (χ0n) is 15.1. The molecule has 8 heteroatoms.